The molecule has 94 valence electrons. The predicted molar refractivity (Wildman–Crippen MR) is 73.4 cm³/mol. The summed E-state index contributed by atoms with van der Waals surface area (Å²) in [5.41, 5.74) is 7.16. The van der Waals surface area contributed by atoms with Crippen LogP contribution in [0.15, 0.2) is 12.1 Å². The second kappa shape index (κ2) is 6.49. The monoisotopic (exact) mass is 253 g/mol. The van der Waals surface area contributed by atoms with E-state index in [1.165, 1.54) is 0 Å². The minimum absolute atomic E-state index is 0.00264. The summed E-state index contributed by atoms with van der Waals surface area (Å²) in [5.74, 6) is 1.34. The first-order valence-corrected chi connectivity index (χ1v) is 6.98. The molecule has 1 aromatic heterocycles. The summed E-state index contributed by atoms with van der Waals surface area (Å²) in [7, 11) is 1.81. The van der Waals surface area contributed by atoms with Crippen LogP contribution in [0.1, 0.15) is 23.0 Å². The zero-order chi connectivity index (χ0) is 12.8. The standard InChI is InChI=1S/C12H19N3OS/c1-4-10-7-9(8-11(13)14-10)12(16)15(2)5-6-17-3/h7-8H,4-6H2,1-3H3,(H2,13,14). The average molecular weight is 253 g/mol. The van der Waals surface area contributed by atoms with Crippen molar-refractivity contribution in [2.75, 3.05) is 31.3 Å². The van der Waals surface area contributed by atoms with Gasteiger partial charge in [-0.15, -0.1) is 0 Å². The molecule has 1 heterocycles. The van der Waals surface area contributed by atoms with Crippen molar-refractivity contribution >= 4 is 23.5 Å². The maximum absolute atomic E-state index is 12.1. The first-order valence-electron chi connectivity index (χ1n) is 5.59. The number of anilines is 1. The fraction of sp³-hybridized carbons (Fsp3) is 0.500. The van der Waals surface area contributed by atoms with E-state index in [0.717, 1.165) is 24.4 Å². The van der Waals surface area contributed by atoms with E-state index in [1.807, 2.05) is 19.2 Å². The summed E-state index contributed by atoms with van der Waals surface area (Å²) in [6.45, 7) is 2.73. The Morgan fingerprint density at radius 1 is 1.53 bits per heavy atom. The Labute approximate surface area is 107 Å². The number of nitrogens with zero attached hydrogens (tertiary/aromatic N) is 2. The van der Waals surface area contributed by atoms with Crippen molar-refractivity contribution in [1.29, 1.82) is 0 Å². The number of aromatic nitrogens is 1. The van der Waals surface area contributed by atoms with E-state index in [-0.39, 0.29) is 5.91 Å². The molecule has 4 nitrogen and oxygen atoms in total. The zero-order valence-corrected chi connectivity index (χ0v) is 11.4. The van der Waals surface area contributed by atoms with Gasteiger partial charge in [-0.2, -0.15) is 11.8 Å². The van der Waals surface area contributed by atoms with Gasteiger partial charge < -0.3 is 10.6 Å². The molecule has 0 radical (unpaired) electrons. The second-order valence-corrected chi connectivity index (χ2v) is 4.83. The van der Waals surface area contributed by atoms with Crippen LogP contribution in [0.4, 0.5) is 5.82 Å². The molecular formula is C12H19N3OS. The van der Waals surface area contributed by atoms with Gasteiger partial charge in [0.05, 0.1) is 0 Å². The van der Waals surface area contributed by atoms with Crippen molar-refractivity contribution in [1.82, 2.24) is 9.88 Å². The van der Waals surface area contributed by atoms with Crippen LogP contribution >= 0.6 is 11.8 Å². The van der Waals surface area contributed by atoms with E-state index in [1.54, 1.807) is 29.8 Å². The molecule has 0 aliphatic heterocycles. The zero-order valence-electron chi connectivity index (χ0n) is 10.6. The number of pyridine rings is 1. The molecule has 0 saturated heterocycles. The van der Waals surface area contributed by atoms with Crippen LogP contribution in [0.25, 0.3) is 0 Å². The van der Waals surface area contributed by atoms with E-state index >= 15 is 0 Å². The predicted octanol–water partition coefficient (Wildman–Crippen LogP) is 1.66. The second-order valence-electron chi connectivity index (χ2n) is 3.85. The first-order chi connectivity index (χ1) is 8.08. The van der Waals surface area contributed by atoms with E-state index in [0.29, 0.717) is 11.4 Å². The molecule has 0 saturated carbocycles. The van der Waals surface area contributed by atoms with Crippen LogP contribution in [0.3, 0.4) is 0 Å². The lowest BCUT2D eigenvalue weighted by atomic mass is 10.1. The number of thioether (sulfide) groups is 1. The van der Waals surface area contributed by atoms with Crippen LogP contribution in [0.2, 0.25) is 0 Å². The molecule has 0 aliphatic carbocycles. The fourth-order valence-corrected chi connectivity index (χ4v) is 1.92. The summed E-state index contributed by atoms with van der Waals surface area (Å²) >= 11 is 1.72. The molecule has 17 heavy (non-hydrogen) atoms. The topological polar surface area (TPSA) is 59.2 Å². The third-order valence-electron chi connectivity index (χ3n) is 2.48. The average Bonchev–Trinajstić information content (AvgIpc) is 2.34. The highest BCUT2D eigenvalue weighted by Gasteiger charge is 2.12. The van der Waals surface area contributed by atoms with Crippen molar-refractivity contribution in [3.05, 3.63) is 23.4 Å². The number of carbonyl (C=O) groups is 1. The van der Waals surface area contributed by atoms with Gasteiger partial charge in [-0.25, -0.2) is 4.98 Å². The van der Waals surface area contributed by atoms with E-state index < -0.39 is 0 Å². The molecule has 5 heteroatoms. The quantitative estimate of drug-likeness (QED) is 0.867. The van der Waals surface area contributed by atoms with Gasteiger partial charge in [0.2, 0.25) is 0 Å². The Bertz CT molecular complexity index is 395. The van der Waals surface area contributed by atoms with Crippen molar-refractivity contribution in [3.63, 3.8) is 0 Å². The maximum atomic E-state index is 12.1. The number of hydrogen-bond acceptors (Lipinski definition) is 4. The number of nitrogens with two attached hydrogens (primary N) is 1. The SMILES string of the molecule is CCc1cc(C(=O)N(C)CCSC)cc(N)n1. The number of rotatable bonds is 5. The van der Waals surface area contributed by atoms with Gasteiger partial charge in [0.1, 0.15) is 5.82 Å². The molecule has 1 amide bonds. The Morgan fingerprint density at radius 3 is 2.82 bits per heavy atom. The lowest BCUT2D eigenvalue weighted by molar-refractivity contribution is 0.0803. The highest BCUT2D eigenvalue weighted by atomic mass is 32.2. The van der Waals surface area contributed by atoms with Gasteiger partial charge in [-0.1, -0.05) is 6.92 Å². The lowest BCUT2D eigenvalue weighted by Gasteiger charge is -2.17. The van der Waals surface area contributed by atoms with E-state index in [4.69, 9.17) is 5.73 Å². The molecule has 1 rings (SSSR count). The lowest BCUT2D eigenvalue weighted by Crippen LogP contribution is -2.29. The van der Waals surface area contributed by atoms with Crippen molar-refractivity contribution in [3.8, 4) is 0 Å². The molecule has 0 fully saturated rings. The number of carbonyl (C=O) groups excluding carboxylic acids is 1. The molecule has 0 aliphatic rings. The summed E-state index contributed by atoms with van der Waals surface area (Å²) in [6, 6.07) is 3.45. The smallest absolute Gasteiger partial charge is 0.253 e. The number of hydrogen-bond donors (Lipinski definition) is 1. The van der Waals surface area contributed by atoms with Crippen LogP contribution in [0.5, 0.6) is 0 Å². The van der Waals surface area contributed by atoms with Gasteiger partial charge in [-0.05, 0) is 24.8 Å². The van der Waals surface area contributed by atoms with Crippen LogP contribution < -0.4 is 5.73 Å². The Balaban J connectivity index is 2.84. The Kier molecular flexibility index (Phi) is 5.28. The molecular weight excluding hydrogens is 234 g/mol. The van der Waals surface area contributed by atoms with Crippen LogP contribution in [-0.4, -0.2) is 41.4 Å². The van der Waals surface area contributed by atoms with Crippen LogP contribution in [-0.2, 0) is 6.42 Å². The molecule has 2 N–H and O–H groups in total. The highest BCUT2D eigenvalue weighted by molar-refractivity contribution is 7.98. The molecule has 1 aromatic rings. The number of aryl methyl sites for hydroxylation is 1. The summed E-state index contributed by atoms with van der Waals surface area (Å²) in [4.78, 5) is 18.0. The third-order valence-corrected chi connectivity index (χ3v) is 3.08. The third kappa shape index (κ3) is 3.93. The van der Waals surface area contributed by atoms with Gasteiger partial charge in [0.15, 0.2) is 0 Å². The Hall–Kier alpha value is -1.23. The largest absolute Gasteiger partial charge is 0.384 e. The van der Waals surface area contributed by atoms with Gasteiger partial charge in [0.25, 0.3) is 5.91 Å². The maximum Gasteiger partial charge on any atom is 0.253 e. The van der Waals surface area contributed by atoms with Crippen molar-refractivity contribution < 1.29 is 4.79 Å². The molecule has 0 bridgehead atoms. The Morgan fingerprint density at radius 2 is 2.24 bits per heavy atom. The summed E-state index contributed by atoms with van der Waals surface area (Å²) in [5, 5.41) is 0. The molecule has 0 spiro atoms. The minimum atomic E-state index is 0.00264. The minimum Gasteiger partial charge on any atom is -0.384 e. The van der Waals surface area contributed by atoms with Gasteiger partial charge in [0, 0.05) is 30.6 Å². The van der Waals surface area contributed by atoms with Gasteiger partial charge >= 0.3 is 0 Å². The molecule has 0 unspecified atom stereocenters. The van der Waals surface area contributed by atoms with Crippen LogP contribution in [0, 0.1) is 0 Å². The van der Waals surface area contributed by atoms with E-state index in [9.17, 15) is 4.79 Å². The fourth-order valence-electron chi connectivity index (χ4n) is 1.47. The summed E-state index contributed by atoms with van der Waals surface area (Å²) in [6.07, 6.45) is 2.80. The normalized spacial score (nSPS) is 10.3. The highest BCUT2D eigenvalue weighted by Crippen LogP contribution is 2.11. The summed E-state index contributed by atoms with van der Waals surface area (Å²) < 4.78 is 0. The first kappa shape index (κ1) is 13.8. The molecule has 0 aromatic carbocycles. The van der Waals surface area contributed by atoms with E-state index in [2.05, 4.69) is 4.98 Å². The van der Waals surface area contributed by atoms with Crippen molar-refractivity contribution in [2.45, 2.75) is 13.3 Å². The van der Waals surface area contributed by atoms with Crippen molar-refractivity contribution in [2.24, 2.45) is 0 Å². The van der Waals surface area contributed by atoms with Gasteiger partial charge in [-0.3, -0.25) is 4.79 Å². The molecule has 0 atom stereocenters. The number of nitrogen functional groups attached to an aromatic ring is 1. The number of amides is 1.